The quantitative estimate of drug-likeness (QED) is 0.730. The molecule has 0 unspecified atom stereocenters. The average molecular weight is 299 g/mol. The highest BCUT2D eigenvalue weighted by molar-refractivity contribution is 6.08. The van der Waals surface area contributed by atoms with Gasteiger partial charge in [-0.15, -0.1) is 0 Å². The maximum Gasteiger partial charge on any atom is 0.340 e. The van der Waals surface area contributed by atoms with E-state index in [1.807, 2.05) is 0 Å². The summed E-state index contributed by atoms with van der Waals surface area (Å²) in [5.74, 6) is -0.431. The Bertz CT molecular complexity index is 813. The van der Waals surface area contributed by atoms with E-state index in [-0.39, 0.29) is 6.01 Å². The molecule has 0 aliphatic carbocycles. The van der Waals surface area contributed by atoms with Crippen LogP contribution in [0, 0.1) is 0 Å². The number of methoxy groups -OCH3 is 1. The van der Waals surface area contributed by atoms with E-state index in [2.05, 4.69) is 24.9 Å². The van der Waals surface area contributed by atoms with E-state index in [9.17, 15) is 4.79 Å². The number of hydrogen-bond acceptors (Lipinski definition) is 7. The van der Waals surface area contributed by atoms with Gasteiger partial charge < -0.3 is 14.5 Å². The lowest BCUT2D eigenvalue weighted by Gasteiger charge is -2.05. The number of H-pyrrole nitrogens is 1. The van der Waals surface area contributed by atoms with E-state index in [4.69, 9.17) is 9.47 Å². The largest absolute Gasteiger partial charge is 0.467 e. The monoisotopic (exact) mass is 299 g/mol. The van der Waals surface area contributed by atoms with E-state index in [0.717, 1.165) is 0 Å². The van der Waals surface area contributed by atoms with Gasteiger partial charge in [0, 0.05) is 24.2 Å². The average Bonchev–Trinajstić information content (AvgIpc) is 2.99. The predicted octanol–water partition coefficient (Wildman–Crippen LogP) is 1.60. The van der Waals surface area contributed by atoms with E-state index >= 15 is 0 Å². The summed E-state index contributed by atoms with van der Waals surface area (Å²) < 4.78 is 9.99. The minimum absolute atomic E-state index is 0.258. The zero-order valence-electron chi connectivity index (χ0n) is 12.0. The fourth-order valence-electron chi connectivity index (χ4n) is 2.10. The minimum Gasteiger partial charge on any atom is -0.467 e. The predicted molar refractivity (Wildman–Crippen MR) is 77.4 cm³/mol. The summed E-state index contributed by atoms with van der Waals surface area (Å²) in [6.07, 6.45) is 6.13. The number of fused-ring (bicyclic) bond motifs is 1. The molecule has 22 heavy (non-hydrogen) atoms. The summed E-state index contributed by atoms with van der Waals surface area (Å²) in [5.41, 5.74) is 2.13. The molecule has 0 aliphatic heterocycles. The SMILES string of the molecule is CCOC(=O)c1c[nH]c2ncnc(-c3cnc(OC)nc3)c12. The van der Waals surface area contributed by atoms with Crippen LogP contribution in [-0.2, 0) is 4.74 Å². The number of aromatic amines is 1. The van der Waals surface area contributed by atoms with Crippen molar-refractivity contribution < 1.29 is 14.3 Å². The molecule has 0 aromatic carbocycles. The number of rotatable bonds is 4. The van der Waals surface area contributed by atoms with Gasteiger partial charge in [0.05, 0.1) is 30.4 Å². The smallest absolute Gasteiger partial charge is 0.340 e. The summed E-state index contributed by atoms with van der Waals surface area (Å²) in [5, 5.41) is 0.578. The van der Waals surface area contributed by atoms with Crippen LogP contribution >= 0.6 is 0 Å². The molecule has 112 valence electrons. The number of carbonyl (C=O) groups excluding carboxylic acids is 1. The molecule has 8 heteroatoms. The summed E-state index contributed by atoms with van der Waals surface area (Å²) >= 11 is 0. The molecule has 1 N–H and O–H groups in total. The van der Waals surface area contributed by atoms with Gasteiger partial charge in [0.15, 0.2) is 0 Å². The Kier molecular flexibility index (Phi) is 3.65. The topological polar surface area (TPSA) is 103 Å². The molecule has 0 atom stereocenters. The first-order valence-corrected chi connectivity index (χ1v) is 6.60. The van der Waals surface area contributed by atoms with E-state index in [1.165, 1.54) is 13.4 Å². The van der Waals surface area contributed by atoms with Gasteiger partial charge in [-0.1, -0.05) is 0 Å². The van der Waals surface area contributed by atoms with Gasteiger partial charge in [0.2, 0.25) is 0 Å². The van der Waals surface area contributed by atoms with Crippen molar-refractivity contribution in [1.82, 2.24) is 24.9 Å². The number of nitrogens with one attached hydrogen (secondary N) is 1. The first-order chi connectivity index (χ1) is 10.7. The van der Waals surface area contributed by atoms with Crippen LogP contribution in [0.5, 0.6) is 6.01 Å². The molecule has 3 aromatic rings. The van der Waals surface area contributed by atoms with Crippen LogP contribution in [0.4, 0.5) is 0 Å². The van der Waals surface area contributed by atoms with Crippen LogP contribution in [0.25, 0.3) is 22.3 Å². The van der Waals surface area contributed by atoms with Gasteiger partial charge in [-0.25, -0.2) is 24.7 Å². The Morgan fingerprint density at radius 2 is 2.00 bits per heavy atom. The Hall–Kier alpha value is -3.03. The molecule has 8 nitrogen and oxygen atoms in total. The van der Waals surface area contributed by atoms with Gasteiger partial charge in [-0.2, -0.15) is 0 Å². The van der Waals surface area contributed by atoms with Gasteiger partial charge in [-0.05, 0) is 6.92 Å². The van der Waals surface area contributed by atoms with Gasteiger partial charge in [0.1, 0.15) is 12.0 Å². The zero-order chi connectivity index (χ0) is 15.5. The van der Waals surface area contributed by atoms with E-state index in [0.29, 0.717) is 34.5 Å². The molecular weight excluding hydrogens is 286 g/mol. The minimum atomic E-state index is -0.431. The lowest BCUT2D eigenvalue weighted by molar-refractivity contribution is 0.0528. The summed E-state index contributed by atoms with van der Waals surface area (Å²) in [4.78, 5) is 31.5. The van der Waals surface area contributed by atoms with Crippen molar-refractivity contribution in [2.75, 3.05) is 13.7 Å². The molecular formula is C14H13N5O3. The van der Waals surface area contributed by atoms with Crippen molar-refractivity contribution in [2.45, 2.75) is 6.92 Å². The summed E-state index contributed by atoms with van der Waals surface area (Å²) in [6.45, 7) is 2.04. The Balaban J connectivity index is 2.16. The van der Waals surface area contributed by atoms with E-state index < -0.39 is 5.97 Å². The first kappa shape index (κ1) is 13.9. The van der Waals surface area contributed by atoms with Crippen molar-refractivity contribution in [2.24, 2.45) is 0 Å². The fraction of sp³-hybridized carbons (Fsp3) is 0.214. The molecule has 0 aliphatic rings. The van der Waals surface area contributed by atoms with Crippen molar-refractivity contribution in [3.8, 4) is 17.3 Å². The third-order valence-corrected chi connectivity index (χ3v) is 3.05. The second kappa shape index (κ2) is 5.76. The highest BCUT2D eigenvalue weighted by Crippen LogP contribution is 2.28. The number of esters is 1. The molecule has 0 amide bonds. The number of aromatic nitrogens is 5. The molecule has 0 bridgehead atoms. The Morgan fingerprint density at radius 1 is 1.23 bits per heavy atom. The van der Waals surface area contributed by atoms with Crippen LogP contribution < -0.4 is 4.74 Å². The number of hydrogen-bond donors (Lipinski definition) is 1. The molecule has 0 radical (unpaired) electrons. The fourth-order valence-corrected chi connectivity index (χ4v) is 2.10. The Labute approximate surface area is 125 Å². The van der Waals surface area contributed by atoms with Crippen LogP contribution in [0.2, 0.25) is 0 Å². The molecule has 3 heterocycles. The number of ether oxygens (including phenoxy) is 2. The molecule has 0 saturated heterocycles. The zero-order valence-corrected chi connectivity index (χ0v) is 12.0. The standard InChI is InChI=1S/C14H13N5O3/c1-3-22-13(20)9-6-15-12-10(9)11(18-7-19-12)8-4-16-14(21-2)17-5-8/h4-7H,3H2,1-2H3,(H,15,18,19). The van der Waals surface area contributed by atoms with Crippen LogP contribution in [0.1, 0.15) is 17.3 Å². The maximum absolute atomic E-state index is 12.1. The van der Waals surface area contributed by atoms with Gasteiger partial charge in [0.25, 0.3) is 0 Å². The number of nitrogens with zero attached hydrogens (tertiary/aromatic N) is 4. The van der Waals surface area contributed by atoms with Crippen LogP contribution in [-0.4, -0.2) is 44.6 Å². The second-order valence-corrected chi connectivity index (χ2v) is 4.33. The van der Waals surface area contributed by atoms with Crippen LogP contribution in [0.3, 0.4) is 0 Å². The molecule has 3 rings (SSSR count). The van der Waals surface area contributed by atoms with Gasteiger partial charge in [-0.3, -0.25) is 0 Å². The summed E-state index contributed by atoms with van der Waals surface area (Å²) in [6, 6.07) is 0.258. The van der Waals surface area contributed by atoms with Gasteiger partial charge >= 0.3 is 12.0 Å². The number of carbonyl (C=O) groups is 1. The van der Waals surface area contributed by atoms with E-state index in [1.54, 1.807) is 25.5 Å². The highest BCUT2D eigenvalue weighted by atomic mass is 16.5. The third-order valence-electron chi connectivity index (χ3n) is 3.05. The molecule has 0 fully saturated rings. The normalized spacial score (nSPS) is 10.6. The molecule has 3 aromatic heterocycles. The second-order valence-electron chi connectivity index (χ2n) is 4.33. The highest BCUT2D eigenvalue weighted by Gasteiger charge is 2.19. The lowest BCUT2D eigenvalue weighted by Crippen LogP contribution is -2.04. The maximum atomic E-state index is 12.1. The van der Waals surface area contributed by atoms with Crippen molar-refractivity contribution in [3.63, 3.8) is 0 Å². The summed E-state index contributed by atoms with van der Waals surface area (Å²) in [7, 11) is 1.49. The van der Waals surface area contributed by atoms with Crippen molar-refractivity contribution >= 4 is 17.0 Å². The first-order valence-electron chi connectivity index (χ1n) is 6.60. The molecule has 0 saturated carbocycles. The van der Waals surface area contributed by atoms with Crippen molar-refractivity contribution in [1.29, 1.82) is 0 Å². The third kappa shape index (κ3) is 2.34. The van der Waals surface area contributed by atoms with Crippen molar-refractivity contribution in [3.05, 3.63) is 30.5 Å². The molecule has 0 spiro atoms. The Morgan fingerprint density at radius 3 is 2.68 bits per heavy atom. The lowest BCUT2D eigenvalue weighted by atomic mass is 10.1. The van der Waals surface area contributed by atoms with Crippen LogP contribution in [0.15, 0.2) is 24.9 Å².